The minimum absolute atomic E-state index is 0.954. The number of aryl methyl sites for hydroxylation is 1. The third kappa shape index (κ3) is 3.47. The molecule has 0 nitrogen and oxygen atoms in total. The van der Waals surface area contributed by atoms with Gasteiger partial charge in [0.05, 0.1) is 0 Å². The lowest BCUT2D eigenvalue weighted by Gasteiger charge is -1.90. The zero-order valence-electron chi connectivity index (χ0n) is 7.39. The van der Waals surface area contributed by atoms with Crippen LogP contribution in [-0.2, 0) is 0 Å². The van der Waals surface area contributed by atoms with Crippen molar-refractivity contribution < 1.29 is 0 Å². The highest BCUT2D eigenvalue weighted by molar-refractivity contribution is 5.34. The van der Waals surface area contributed by atoms with Crippen molar-refractivity contribution in [2.45, 2.75) is 20.8 Å². The van der Waals surface area contributed by atoms with Crippen LogP contribution in [0.2, 0.25) is 0 Å². The number of hydrogen-bond donors (Lipinski definition) is 0. The predicted octanol–water partition coefficient (Wildman–Crippen LogP) is 3.00. The second-order valence-corrected chi connectivity index (χ2v) is 2.01. The van der Waals surface area contributed by atoms with Gasteiger partial charge in [-0.15, -0.1) is 6.42 Å². The molecule has 0 heteroatoms. The molecule has 0 saturated heterocycles. The second-order valence-electron chi connectivity index (χ2n) is 2.01. The molecule has 0 amide bonds. The Morgan fingerprint density at radius 2 is 1.91 bits per heavy atom. The molecule has 0 aromatic heterocycles. The van der Waals surface area contributed by atoms with Crippen LogP contribution in [0.3, 0.4) is 0 Å². The summed E-state index contributed by atoms with van der Waals surface area (Å²) in [6.45, 7) is 6.03. The summed E-state index contributed by atoms with van der Waals surface area (Å²) >= 11 is 0. The van der Waals surface area contributed by atoms with Gasteiger partial charge in [-0.3, -0.25) is 0 Å². The summed E-state index contributed by atoms with van der Waals surface area (Å²) in [7, 11) is 0. The van der Waals surface area contributed by atoms with Gasteiger partial charge in [0.2, 0.25) is 0 Å². The highest BCUT2D eigenvalue weighted by Crippen LogP contribution is 2.00. The molecule has 0 radical (unpaired) electrons. The number of benzene rings is 1. The second kappa shape index (κ2) is 5.56. The number of hydrogen-bond acceptors (Lipinski definition) is 0. The SMILES string of the molecule is C#Cc1cccc(C)c1.CC. The fourth-order valence-electron chi connectivity index (χ4n) is 0.735. The molecule has 0 bridgehead atoms. The van der Waals surface area contributed by atoms with Crippen molar-refractivity contribution in [2.24, 2.45) is 0 Å². The summed E-state index contributed by atoms with van der Waals surface area (Å²) in [4.78, 5) is 0. The van der Waals surface area contributed by atoms with Gasteiger partial charge in [0.15, 0.2) is 0 Å². The molecule has 0 aliphatic rings. The van der Waals surface area contributed by atoms with Crippen LogP contribution >= 0.6 is 0 Å². The van der Waals surface area contributed by atoms with Gasteiger partial charge in [-0.1, -0.05) is 31.9 Å². The van der Waals surface area contributed by atoms with Gasteiger partial charge in [-0.05, 0) is 24.6 Å². The van der Waals surface area contributed by atoms with Crippen molar-refractivity contribution in [3.63, 3.8) is 0 Å². The molecule has 11 heavy (non-hydrogen) atoms. The third-order valence-electron chi connectivity index (χ3n) is 1.18. The quantitative estimate of drug-likeness (QED) is 0.493. The van der Waals surface area contributed by atoms with E-state index in [-0.39, 0.29) is 0 Å². The lowest BCUT2D eigenvalue weighted by atomic mass is 10.1. The van der Waals surface area contributed by atoms with E-state index in [1.54, 1.807) is 0 Å². The molecule has 0 atom stereocenters. The molecule has 58 valence electrons. The normalized spacial score (nSPS) is 7.45. The van der Waals surface area contributed by atoms with E-state index in [0.29, 0.717) is 0 Å². The van der Waals surface area contributed by atoms with E-state index in [9.17, 15) is 0 Å². The monoisotopic (exact) mass is 146 g/mol. The molecule has 0 aliphatic heterocycles. The van der Waals surface area contributed by atoms with E-state index in [1.165, 1.54) is 5.56 Å². The molecular weight excluding hydrogens is 132 g/mol. The first-order valence-electron chi connectivity index (χ1n) is 3.86. The van der Waals surface area contributed by atoms with Crippen LogP contribution in [0.5, 0.6) is 0 Å². The van der Waals surface area contributed by atoms with Gasteiger partial charge in [-0.25, -0.2) is 0 Å². The zero-order chi connectivity index (χ0) is 8.69. The Balaban J connectivity index is 0.000000461. The van der Waals surface area contributed by atoms with Crippen molar-refractivity contribution in [1.82, 2.24) is 0 Å². The van der Waals surface area contributed by atoms with E-state index in [0.717, 1.165) is 5.56 Å². The predicted molar refractivity (Wildman–Crippen MR) is 50.5 cm³/mol. The van der Waals surface area contributed by atoms with Crippen molar-refractivity contribution in [1.29, 1.82) is 0 Å². The van der Waals surface area contributed by atoms with Crippen molar-refractivity contribution in [3.05, 3.63) is 35.4 Å². The molecule has 0 saturated carbocycles. The van der Waals surface area contributed by atoms with Crippen LogP contribution in [0, 0.1) is 19.3 Å². The Bertz CT molecular complexity index is 240. The lowest BCUT2D eigenvalue weighted by molar-refractivity contribution is 1.46. The van der Waals surface area contributed by atoms with Crippen LogP contribution in [-0.4, -0.2) is 0 Å². The van der Waals surface area contributed by atoms with Crippen molar-refractivity contribution >= 4 is 0 Å². The van der Waals surface area contributed by atoms with Crippen LogP contribution in [0.4, 0.5) is 0 Å². The zero-order valence-corrected chi connectivity index (χ0v) is 7.39. The smallest absolute Gasteiger partial charge is 0.0245 e. The van der Waals surface area contributed by atoms with E-state index in [1.807, 2.05) is 45.0 Å². The molecule has 0 unspecified atom stereocenters. The first kappa shape index (κ1) is 9.78. The summed E-state index contributed by atoms with van der Waals surface area (Å²) in [6.07, 6.45) is 5.17. The van der Waals surface area contributed by atoms with Crippen LogP contribution in [0.25, 0.3) is 0 Å². The number of rotatable bonds is 0. The summed E-state index contributed by atoms with van der Waals surface area (Å²) in [5.74, 6) is 2.57. The molecule has 0 fully saturated rings. The van der Waals surface area contributed by atoms with Gasteiger partial charge >= 0.3 is 0 Å². The molecular formula is C11H14. The van der Waals surface area contributed by atoms with E-state index in [2.05, 4.69) is 5.92 Å². The largest absolute Gasteiger partial charge is 0.115 e. The number of terminal acetylenes is 1. The molecule has 1 aromatic carbocycles. The van der Waals surface area contributed by atoms with Gasteiger partial charge in [0, 0.05) is 5.56 Å². The lowest BCUT2D eigenvalue weighted by Crippen LogP contribution is -1.73. The van der Waals surface area contributed by atoms with Crippen LogP contribution in [0.15, 0.2) is 24.3 Å². The van der Waals surface area contributed by atoms with Crippen molar-refractivity contribution in [3.8, 4) is 12.3 Å². The molecule has 0 heterocycles. The summed E-state index contributed by atoms with van der Waals surface area (Å²) in [5, 5.41) is 0. The minimum atomic E-state index is 0.954. The van der Waals surface area contributed by atoms with Gasteiger partial charge in [-0.2, -0.15) is 0 Å². The molecule has 0 N–H and O–H groups in total. The maximum Gasteiger partial charge on any atom is 0.0245 e. The Morgan fingerprint density at radius 1 is 1.27 bits per heavy atom. The fourth-order valence-corrected chi connectivity index (χ4v) is 0.735. The third-order valence-corrected chi connectivity index (χ3v) is 1.18. The highest BCUT2D eigenvalue weighted by atomic mass is 13.9. The molecule has 1 aromatic rings. The molecule has 0 aliphatic carbocycles. The fraction of sp³-hybridized carbons (Fsp3) is 0.273. The average molecular weight is 146 g/mol. The molecule has 1 rings (SSSR count). The summed E-state index contributed by atoms with van der Waals surface area (Å²) in [5.41, 5.74) is 2.17. The van der Waals surface area contributed by atoms with Crippen LogP contribution in [0.1, 0.15) is 25.0 Å². The minimum Gasteiger partial charge on any atom is -0.115 e. The Labute approximate surface area is 69.3 Å². The van der Waals surface area contributed by atoms with E-state index < -0.39 is 0 Å². The summed E-state index contributed by atoms with van der Waals surface area (Å²) in [6, 6.07) is 7.90. The van der Waals surface area contributed by atoms with Crippen molar-refractivity contribution in [2.75, 3.05) is 0 Å². The van der Waals surface area contributed by atoms with Crippen LogP contribution < -0.4 is 0 Å². The average Bonchev–Trinajstić information content (AvgIpc) is 2.08. The Morgan fingerprint density at radius 3 is 2.27 bits per heavy atom. The van der Waals surface area contributed by atoms with Gasteiger partial charge in [0.1, 0.15) is 0 Å². The first-order valence-corrected chi connectivity index (χ1v) is 3.86. The van der Waals surface area contributed by atoms with E-state index >= 15 is 0 Å². The Kier molecular flexibility index (Phi) is 4.94. The molecule has 0 spiro atoms. The maximum atomic E-state index is 5.17. The standard InChI is InChI=1S/C9H8.C2H6/c1-3-9-6-4-5-8(2)7-9;1-2/h1,4-7H,2H3;1-2H3. The van der Waals surface area contributed by atoms with Gasteiger partial charge in [0.25, 0.3) is 0 Å². The van der Waals surface area contributed by atoms with Gasteiger partial charge < -0.3 is 0 Å². The first-order chi connectivity index (χ1) is 5.33. The Hall–Kier alpha value is -1.22. The summed E-state index contributed by atoms with van der Waals surface area (Å²) < 4.78 is 0. The topological polar surface area (TPSA) is 0 Å². The van der Waals surface area contributed by atoms with E-state index in [4.69, 9.17) is 6.42 Å². The maximum absolute atomic E-state index is 5.17. The highest BCUT2D eigenvalue weighted by Gasteiger charge is 1.83.